The molecule has 0 fully saturated rings. The lowest BCUT2D eigenvalue weighted by molar-refractivity contribution is -0.384. The van der Waals surface area contributed by atoms with E-state index in [0.29, 0.717) is 13.7 Å². The van der Waals surface area contributed by atoms with Crippen LogP contribution in [0.2, 0.25) is 0 Å². The van der Waals surface area contributed by atoms with Crippen LogP contribution in [0.15, 0.2) is 148 Å². The van der Waals surface area contributed by atoms with Crippen molar-refractivity contribution >= 4 is 97.6 Å². The highest BCUT2D eigenvalue weighted by atomic mass is 16.6. The zero-order chi connectivity index (χ0) is 75.6. The van der Waals surface area contributed by atoms with Crippen molar-refractivity contribution in [1.29, 1.82) is 10.8 Å². The summed E-state index contributed by atoms with van der Waals surface area (Å²) in [5.41, 5.74) is 7.44. The molecule has 4 aromatic carbocycles. The summed E-state index contributed by atoms with van der Waals surface area (Å²) < 4.78 is 2.18. The van der Waals surface area contributed by atoms with Crippen LogP contribution in [0.3, 0.4) is 0 Å². The highest BCUT2D eigenvalue weighted by molar-refractivity contribution is 5.98. The van der Waals surface area contributed by atoms with Gasteiger partial charge in [0, 0.05) is 50.8 Å². The molecule has 0 aliphatic heterocycles. The molecule has 8 amide bonds. The maximum Gasteiger partial charge on any atom is 0.328 e. The largest absolute Gasteiger partial charge is 0.370 e. The summed E-state index contributed by atoms with van der Waals surface area (Å²) in [7, 11) is 0. The van der Waals surface area contributed by atoms with Gasteiger partial charge in [-0.05, 0) is 67.6 Å². The van der Waals surface area contributed by atoms with E-state index in [9.17, 15) is 72.4 Å². The van der Waals surface area contributed by atoms with Crippen molar-refractivity contribution in [2.24, 2.45) is 17.2 Å². The quantitative estimate of drug-likeness (QED) is 0.00598. The van der Waals surface area contributed by atoms with E-state index in [0.717, 1.165) is 35.9 Å². The number of nitro benzene ring substituents is 1. The number of nitrogens with one attached hydrogen (secondary N) is 15. The molecule has 0 radical (unpaired) electrons. The third-order valence-electron chi connectivity index (χ3n) is 16.1. The van der Waals surface area contributed by atoms with E-state index in [1.165, 1.54) is 84.9 Å². The minimum atomic E-state index is -2.36. The van der Waals surface area contributed by atoms with Gasteiger partial charge in [-0.1, -0.05) is 48.5 Å². The molecular formula is C63H71N23O18. The lowest BCUT2D eigenvalue weighted by Crippen LogP contribution is -2.63. The predicted octanol–water partition coefficient (Wildman–Crippen LogP) is -6.78. The summed E-state index contributed by atoms with van der Waals surface area (Å²) in [6, 6.07) is 8.16. The first kappa shape index (κ1) is 75.8. The van der Waals surface area contributed by atoms with E-state index in [4.69, 9.17) is 28.0 Å². The fourth-order valence-corrected chi connectivity index (χ4v) is 10.9. The average molecular weight is 1440 g/mol. The molecule has 0 saturated carbocycles. The Morgan fingerprint density at radius 2 is 0.808 bits per heavy atom. The van der Waals surface area contributed by atoms with Gasteiger partial charge in [0.1, 0.15) is 42.3 Å². The molecule has 7 atom stereocenters. The van der Waals surface area contributed by atoms with Crippen molar-refractivity contribution in [2.75, 3.05) is 13.1 Å². The van der Waals surface area contributed by atoms with Gasteiger partial charge in [0.15, 0.2) is 11.9 Å². The zero-order valence-corrected chi connectivity index (χ0v) is 55.0. The second-order valence-corrected chi connectivity index (χ2v) is 23.6. The van der Waals surface area contributed by atoms with E-state index >= 15 is 14.4 Å². The SMILES string of the molecule is CC(=O)N[C@@H](CCCNC(=N)N)C(=O)N[C@H](Cn1ccc(=O)[nH]c1=O)C(=O)N[C@@H](Cc1ccc([N+](=O)[O-])cc1)C(=O)N[C@H](Cn1c(=O)[nH]c2ccccc2c1=O)C(=O)N[C@H](Cn1c(=O)[nH]c2ccccc2c1=O)C(=O)N[C@H](Cn1c(=O)[nH]c2ccccc2c1=O)C(=O)N[C@@H](CCCNC(=N)N)C(N)=O. The molecule has 41 heteroatoms. The van der Waals surface area contributed by atoms with Crippen molar-refractivity contribution < 1.29 is 43.3 Å². The maximum atomic E-state index is 15.6. The lowest BCUT2D eigenvalue weighted by Gasteiger charge is -2.28. The number of nitrogens with two attached hydrogens (primary N) is 3. The van der Waals surface area contributed by atoms with E-state index in [1.807, 2.05) is 4.98 Å². The minimum absolute atomic E-state index is 0.000264. The predicted molar refractivity (Wildman–Crippen MR) is 371 cm³/mol. The number of benzene rings is 4. The zero-order valence-electron chi connectivity index (χ0n) is 55.0. The molecular weight excluding hydrogens is 1370 g/mol. The molecule has 0 unspecified atom stereocenters. The van der Waals surface area contributed by atoms with Crippen LogP contribution in [0.5, 0.6) is 0 Å². The first-order valence-electron chi connectivity index (χ1n) is 31.7. The Labute approximate surface area is 581 Å². The Balaban J connectivity index is 1.24. The number of aromatic nitrogens is 8. The summed E-state index contributed by atoms with van der Waals surface area (Å²) in [6.07, 6.45) is -0.0123. The van der Waals surface area contributed by atoms with Crippen LogP contribution < -0.4 is 110 Å². The molecule has 0 saturated heterocycles. The Kier molecular flexibility index (Phi) is 25.0. The first-order chi connectivity index (χ1) is 49.5. The normalized spacial score (nSPS) is 13.1. The van der Waals surface area contributed by atoms with Crippen molar-refractivity contribution in [1.82, 2.24) is 86.1 Å². The van der Waals surface area contributed by atoms with Crippen molar-refractivity contribution in [3.63, 3.8) is 0 Å². The molecule has 41 nitrogen and oxygen atoms in total. The number of nitro groups is 1. The number of carbonyl (C=O) groups excluding carboxylic acids is 8. The van der Waals surface area contributed by atoms with Crippen LogP contribution in [0.4, 0.5) is 5.69 Å². The molecule has 8 rings (SSSR count). The third kappa shape index (κ3) is 19.7. The monoisotopic (exact) mass is 1440 g/mol. The molecule has 0 bridgehead atoms. The number of amides is 8. The van der Waals surface area contributed by atoms with Gasteiger partial charge in [0.2, 0.25) is 47.3 Å². The van der Waals surface area contributed by atoms with Crippen molar-refractivity contribution in [2.45, 2.75) is 107 Å². The van der Waals surface area contributed by atoms with Crippen LogP contribution >= 0.6 is 0 Å². The molecule has 8 aromatic rings. The third-order valence-corrected chi connectivity index (χ3v) is 16.1. The van der Waals surface area contributed by atoms with Crippen LogP contribution in [-0.4, -0.2) is 158 Å². The molecule has 104 heavy (non-hydrogen) atoms. The van der Waals surface area contributed by atoms with Crippen molar-refractivity contribution in [3.8, 4) is 0 Å². The second-order valence-electron chi connectivity index (χ2n) is 23.6. The number of H-pyrrole nitrogens is 4. The minimum Gasteiger partial charge on any atom is -0.370 e. The number of rotatable bonds is 33. The Morgan fingerprint density at radius 1 is 0.452 bits per heavy atom. The molecule has 0 spiro atoms. The number of hydrogen-bond donors (Lipinski definition) is 18. The van der Waals surface area contributed by atoms with Gasteiger partial charge in [-0.15, -0.1) is 0 Å². The van der Waals surface area contributed by atoms with Gasteiger partial charge in [0.05, 0.1) is 63.8 Å². The number of primary amides is 1. The van der Waals surface area contributed by atoms with Gasteiger partial charge in [-0.2, -0.15) is 0 Å². The summed E-state index contributed by atoms with van der Waals surface area (Å²) in [5.74, 6) is -10.9. The lowest BCUT2D eigenvalue weighted by atomic mass is 10.0. The van der Waals surface area contributed by atoms with Gasteiger partial charge < -0.3 is 80.0 Å². The molecule has 0 aliphatic rings. The number of nitrogens with zero attached hydrogens (tertiary/aromatic N) is 5. The summed E-state index contributed by atoms with van der Waals surface area (Å²) in [6.45, 7) is -3.20. The fraction of sp³-hybridized carbons (Fsp3) is 0.302. The average Bonchev–Trinajstić information content (AvgIpc) is 0.798. The summed E-state index contributed by atoms with van der Waals surface area (Å²) in [4.78, 5) is 246. The fourth-order valence-electron chi connectivity index (χ4n) is 10.9. The van der Waals surface area contributed by atoms with Gasteiger partial charge in [-0.3, -0.25) is 102 Å². The first-order valence-corrected chi connectivity index (χ1v) is 31.7. The molecule has 21 N–H and O–H groups in total. The Hall–Kier alpha value is -13.9. The van der Waals surface area contributed by atoms with Crippen LogP contribution in [-0.2, 0) is 71.0 Å². The van der Waals surface area contributed by atoms with Crippen molar-refractivity contribution in [3.05, 3.63) is 208 Å². The van der Waals surface area contributed by atoms with Gasteiger partial charge in [0.25, 0.3) is 27.9 Å². The van der Waals surface area contributed by atoms with Gasteiger partial charge in [-0.25, -0.2) is 19.2 Å². The number of guanidine groups is 2. The molecule has 0 aliphatic carbocycles. The molecule has 546 valence electrons. The van der Waals surface area contributed by atoms with Gasteiger partial charge >= 0.3 is 22.8 Å². The highest BCUT2D eigenvalue weighted by Crippen LogP contribution is 2.15. The Morgan fingerprint density at radius 3 is 1.18 bits per heavy atom. The maximum absolute atomic E-state index is 15.6. The summed E-state index contributed by atoms with van der Waals surface area (Å²) in [5, 5.41) is 48.0. The van der Waals surface area contributed by atoms with Crippen LogP contribution in [0.25, 0.3) is 32.7 Å². The second kappa shape index (κ2) is 34.2. The number of carbonyl (C=O) groups is 8. The highest BCUT2D eigenvalue weighted by Gasteiger charge is 2.37. The van der Waals surface area contributed by atoms with Crippen LogP contribution in [0, 0.1) is 20.9 Å². The van der Waals surface area contributed by atoms with E-state index in [-0.39, 0.29) is 77.0 Å². The molecule has 4 heterocycles. The van der Waals surface area contributed by atoms with E-state index in [2.05, 4.69) is 62.8 Å². The number of non-ortho nitro benzene ring substituents is 1. The van der Waals surface area contributed by atoms with Crippen LogP contribution in [0.1, 0.15) is 38.2 Å². The summed E-state index contributed by atoms with van der Waals surface area (Å²) >= 11 is 0. The van der Waals surface area contributed by atoms with E-state index < -0.39 is 190 Å². The standard InChI is InChI=1S/C63H71N23O18/c1-31(87)71-41(17-9-24-70-59(67)68)49(90)74-43(27-82-25-22-47(88)81-60(82)99)51(92)73-42(26-32-18-20-33(21-19-32)86(103)104)50(91)75-45(29-84-56(97)35-11-3-6-14-38(35)79-62(84)101)53(94)77-46(30-85-57(98)36-12-4-7-15-39(36)80-63(85)102)54(95)76-44(52(93)72-40(48(64)89)16-8-23-69-58(65)66)28-83-55(96)34-10-2-5-13-37(34)78-61(83)100/h2-7,10-15,18-22,25,40-46H,8-9,16-17,23-24,26-30H2,1H3,(H2,64,89)(H,71,87)(H,72,93)(H,73,92)(H,74,90)(H,75,91)(H,76,95)(H,77,94)(H,78,100)(H,79,101)(H,80,102)(H4,65,66,69)(H4,67,68,70)(H,81,88,99)/t40-,41-,42-,43+,44+,45+,46+/m0/s1. The number of fused-ring (bicyclic) bond motifs is 3. The van der Waals surface area contributed by atoms with E-state index in [1.54, 1.807) is 0 Å². The topological polar surface area (TPSA) is 633 Å². The number of para-hydroxylation sites is 3. The Bertz CT molecular complexity index is 5190. The smallest absolute Gasteiger partial charge is 0.328 e. The number of hydrogen-bond acceptors (Lipinski definition) is 20. The molecule has 4 aromatic heterocycles. The number of aromatic amines is 4.